The van der Waals surface area contributed by atoms with Crippen LogP contribution in [-0.4, -0.2) is 38.5 Å². The molecule has 2 fully saturated rings. The van der Waals surface area contributed by atoms with Crippen LogP contribution in [0.4, 0.5) is 5.82 Å². The molecule has 2 aromatic rings. The van der Waals surface area contributed by atoms with Crippen LogP contribution in [0.2, 0.25) is 0 Å². The Labute approximate surface area is 110 Å². The maximum absolute atomic E-state index is 4.66. The van der Waals surface area contributed by atoms with Gasteiger partial charge in [-0.2, -0.15) is 11.8 Å². The molecule has 4 nitrogen and oxygen atoms in total. The van der Waals surface area contributed by atoms with Crippen LogP contribution >= 0.6 is 11.8 Å². The van der Waals surface area contributed by atoms with Gasteiger partial charge >= 0.3 is 0 Å². The summed E-state index contributed by atoms with van der Waals surface area (Å²) in [5.41, 5.74) is 1.63. The smallest absolute Gasteiger partial charge is 0.180 e. The van der Waals surface area contributed by atoms with E-state index in [4.69, 9.17) is 0 Å². The third-order valence-electron chi connectivity index (χ3n) is 3.85. The maximum atomic E-state index is 4.66. The van der Waals surface area contributed by atoms with E-state index in [0.29, 0.717) is 6.04 Å². The summed E-state index contributed by atoms with van der Waals surface area (Å²) in [5.74, 6) is 2.28. The molecule has 3 heterocycles. The molecule has 1 aliphatic carbocycles. The van der Waals surface area contributed by atoms with Gasteiger partial charge in [-0.3, -0.25) is 4.98 Å². The molecular weight excluding hydrogens is 244 g/mol. The highest BCUT2D eigenvalue weighted by Crippen LogP contribution is 2.40. The third-order valence-corrected chi connectivity index (χ3v) is 5.25. The van der Waals surface area contributed by atoms with Crippen LogP contribution in [0.1, 0.15) is 12.8 Å². The molecule has 18 heavy (non-hydrogen) atoms. The number of nitrogens with zero attached hydrogens (tertiary/aromatic N) is 4. The molecule has 2 atom stereocenters. The van der Waals surface area contributed by atoms with Gasteiger partial charge in [-0.1, -0.05) is 0 Å². The number of hydrogen-bond donors (Lipinski definition) is 0. The highest BCUT2D eigenvalue weighted by atomic mass is 32.2. The SMILES string of the molecule is c1cnc2nc(N3CCSC4CCC43)ccc2n1. The molecule has 92 valence electrons. The number of anilines is 1. The summed E-state index contributed by atoms with van der Waals surface area (Å²) in [6.45, 7) is 1.10. The first-order valence-electron chi connectivity index (χ1n) is 6.38. The number of rotatable bonds is 1. The predicted molar refractivity (Wildman–Crippen MR) is 73.9 cm³/mol. The van der Waals surface area contributed by atoms with Gasteiger partial charge in [-0.15, -0.1) is 0 Å². The van der Waals surface area contributed by atoms with Crippen molar-refractivity contribution in [2.45, 2.75) is 24.1 Å². The van der Waals surface area contributed by atoms with Gasteiger partial charge in [0.1, 0.15) is 11.3 Å². The Morgan fingerprint density at radius 2 is 2.11 bits per heavy atom. The Morgan fingerprint density at radius 1 is 1.17 bits per heavy atom. The molecule has 1 saturated heterocycles. The number of pyridine rings is 1. The fourth-order valence-corrected chi connectivity index (χ4v) is 4.17. The second-order valence-corrected chi connectivity index (χ2v) is 6.16. The van der Waals surface area contributed by atoms with Gasteiger partial charge in [0.05, 0.1) is 0 Å². The lowest BCUT2D eigenvalue weighted by Crippen LogP contribution is -2.54. The fraction of sp³-hybridized carbons (Fsp3) is 0.462. The van der Waals surface area contributed by atoms with E-state index in [1.165, 1.54) is 18.6 Å². The van der Waals surface area contributed by atoms with Crippen LogP contribution < -0.4 is 4.90 Å². The summed E-state index contributed by atoms with van der Waals surface area (Å²) in [4.78, 5) is 15.7. The molecule has 1 aliphatic heterocycles. The van der Waals surface area contributed by atoms with E-state index < -0.39 is 0 Å². The van der Waals surface area contributed by atoms with Crippen molar-refractivity contribution in [2.24, 2.45) is 0 Å². The minimum absolute atomic E-state index is 0.686. The summed E-state index contributed by atoms with van der Waals surface area (Å²) >= 11 is 2.12. The first-order valence-corrected chi connectivity index (χ1v) is 7.43. The molecule has 0 radical (unpaired) electrons. The van der Waals surface area contributed by atoms with Crippen molar-refractivity contribution >= 4 is 28.7 Å². The Hall–Kier alpha value is -1.36. The molecule has 4 rings (SSSR count). The molecule has 1 saturated carbocycles. The van der Waals surface area contributed by atoms with Crippen molar-refractivity contribution in [3.63, 3.8) is 0 Å². The van der Waals surface area contributed by atoms with E-state index in [-0.39, 0.29) is 0 Å². The lowest BCUT2D eigenvalue weighted by atomic mass is 9.90. The molecule has 0 spiro atoms. The van der Waals surface area contributed by atoms with Crippen LogP contribution in [0.25, 0.3) is 11.2 Å². The van der Waals surface area contributed by atoms with E-state index in [0.717, 1.165) is 28.8 Å². The summed E-state index contributed by atoms with van der Waals surface area (Å²) in [6, 6.07) is 4.80. The Kier molecular flexibility index (Phi) is 2.40. The van der Waals surface area contributed by atoms with Crippen LogP contribution in [-0.2, 0) is 0 Å². The van der Waals surface area contributed by atoms with Crippen molar-refractivity contribution in [2.75, 3.05) is 17.2 Å². The zero-order chi connectivity index (χ0) is 11.9. The number of thioether (sulfide) groups is 1. The Balaban J connectivity index is 1.73. The quantitative estimate of drug-likeness (QED) is 0.783. The monoisotopic (exact) mass is 258 g/mol. The first kappa shape index (κ1) is 10.6. The fourth-order valence-electron chi connectivity index (χ4n) is 2.76. The molecule has 0 N–H and O–H groups in total. The van der Waals surface area contributed by atoms with E-state index in [1.807, 2.05) is 6.07 Å². The largest absolute Gasteiger partial charge is 0.352 e. The highest BCUT2D eigenvalue weighted by molar-refractivity contribution is 8.00. The molecule has 2 aliphatic rings. The van der Waals surface area contributed by atoms with Gasteiger partial charge in [-0.25, -0.2) is 9.97 Å². The third kappa shape index (κ3) is 1.57. The van der Waals surface area contributed by atoms with Crippen LogP contribution in [0, 0.1) is 0 Å². The predicted octanol–water partition coefficient (Wildman–Crippen LogP) is 2.11. The highest BCUT2D eigenvalue weighted by Gasteiger charge is 2.39. The lowest BCUT2D eigenvalue weighted by molar-refractivity contribution is 0.394. The maximum Gasteiger partial charge on any atom is 0.180 e. The molecule has 2 unspecified atom stereocenters. The molecule has 0 bridgehead atoms. The first-order chi connectivity index (χ1) is 8.92. The van der Waals surface area contributed by atoms with Crippen molar-refractivity contribution < 1.29 is 0 Å². The van der Waals surface area contributed by atoms with Gasteiger partial charge in [0.25, 0.3) is 0 Å². The number of aromatic nitrogens is 3. The zero-order valence-electron chi connectivity index (χ0n) is 9.99. The van der Waals surface area contributed by atoms with Crippen molar-refractivity contribution in [1.82, 2.24) is 15.0 Å². The van der Waals surface area contributed by atoms with E-state index in [2.05, 4.69) is 37.7 Å². The standard InChI is InChI=1S/C13H14N4S/c1-4-12(16-13-9(1)14-5-6-15-13)17-7-8-18-11-3-2-10(11)17/h1,4-6,10-11H,2-3,7-8H2. The van der Waals surface area contributed by atoms with Crippen LogP contribution in [0.15, 0.2) is 24.5 Å². The van der Waals surface area contributed by atoms with Gasteiger partial charge in [0, 0.05) is 36.0 Å². The second kappa shape index (κ2) is 4.09. The summed E-state index contributed by atoms with van der Waals surface area (Å²) in [7, 11) is 0. The van der Waals surface area contributed by atoms with E-state index in [9.17, 15) is 0 Å². The molecule has 2 aromatic heterocycles. The number of hydrogen-bond acceptors (Lipinski definition) is 5. The van der Waals surface area contributed by atoms with Crippen molar-refractivity contribution in [1.29, 1.82) is 0 Å². The Morgan fingerprint density at radius 3 is 3.00 bits per heavy atom. The molecule has 5 heteroatoms. The Bertz CT molecular complexity index is 588. The zero-order valence-corrected chi connectivity index (χ0v) is 10.8. The summed E-state index contributed by atoms with van der Waals surface area (Å²) in [6.07, 6.45) is 6.08. The normalized spacial score (nSPS) is 26.8. The van der Waals surface area contributed by atoms with Gasteiger partial charge in [-0.05, 0) is 25.0 Å². The molecule has 0 aromatic carbocycles. The minimum atomic E-state index is 0.686. The van der Waals surface area contributed by atoms with Crippen molar-refractivity contribution in [3.05, 3.63) is 24.5 Å². The van der Waals surface area contributed by atoms with Crippen molar-refractivity contribution in [3.8, 4) is 0 Å². The second-order valence-electron chi connectivity index (χ2n) is 4.82. The molecular formula is C13H14N4S. The lowest BCUT2D eigenvalue weighted by Gasteiger charge is -2.48. The van der Waals surface area contributed by atoms with Crippen LogP contribution in [0.3, 0.4) is 0 Å². The van der Waals surface area contributed by atoms with E-state index >= 15 is 0 Å². The molecule has 0 amide bonds. The summed E-state index contributed by atoms with van der Waals surface area (Å²) in [5, 5.41) is 0.818. The summed E-state index contributed by atoms with van der Waals surface area (Å²) < 4.78 is 0. The topological polar surface area (TPSA) is 41.9 Å². The van der Waals surface area contributed by atoms with Gasteiger partial charge < -0.3 is 4.90 Å². The van der Waals surface area contributed by atoms with Gasteiger partial charge in [0.15, 0.2) is 5.65 Å². The minimum Gasteiger partial charge on any atom is -0.352 e. The van der Waals surface area contributed by atoms with Gasteiger partial charge in [0.2, 0.25) is 0 Å². The van der Waals surface area contributed by atoms with E-state index in [1.54, 1.807) is 12.4 Å². The van der Waals surface area contributed by atoms with Crippen LogP contribution in [0.5, 0.6) is 0 Å². The average Bonchev–Trinajstić information content (AvgIpc) is 2.39. The number of fused-ring (bicyclic) bond motifs is 2. The average molecular weight is 258 g/mol.